The van der Waals surface area contributed by atoms with Crippen LogP contribution >= 0.6 is 0 Å². The Morgan fingerprint density at radius 2 is 1.60 bits per heavy atom. The Hall–Kier alpha value is -1.16. The van der Waals surface area contributed by atoms with E-state index in [2.05, 4.69) is 54.5 Å². The molecule has 0 aliphatic heterocycles. The summed E-state index contributed by atoms with van der Waals surface area (Å²) in [6.45, 7) is 16.2. The Morgan fingerprint density at radius 3 is 2.26 bits per heavy atom. The molecule has 0 aromatic heterocycles. The Balaban J connectivity index is 1.61. The van der Waals surface area contributed by atoms with Gasteiger partial charge in [0.1, 0.15) is 0 Å². The SMILES string of the molecule is COC(=O)[C@@]1(C)CC[C@]2(C)CC[C@]3(C)C(=CC(=O)[C@@H]4[C@@]5(C)CC[C@H](O)C(C)(C)[C@@H]5CC[C@]43C)C2C1. The summed E-state index contributed by atoms with van der Waals surface area (Å²) in [5, 5.41) is 10.9. The molecule has 5 aliphatic rings. The number of carbonyl (C=O) groups is 2. The highest BCUT2D eigenvalue weighted by Gasteiger charge is 2.70. The molecule has 0 spiro atoms. The first-order valence-corrected chi connectivity index (χ1v) is 14.1. The number of aliphatic hydroxyl groups is 1. The average Bonchev–Trinajstić information content (AvgIpc) is 2.78. The Morgan fingerprint density at radius 1 is 0.943 bits per heavy atom. The summed E-state index contributed by atoms with van der Waals surface area (Å²) in [5.41, 5.74) is 0.590. The zero-order chi connectivity index (χ0) is 25.8. The summed E-state index contributed by atoms with van der Waals surface area (Å²) in [6.07, 6.45) is 10.5. The molecule has 0 heterocycles. The molecule has 4 heteroatoms. The van der Waals surface area contributed by atoms with E-state index in [1.54, 1.807) is 0 Å². The average molecular weight is 485 g/mol. The van der Waals surface area contributed by atoms with Crippen LogP contribution < -0.4 is 0 Å². The van der Waals surface area contributed by atoms with E-state index in [1.165, 1.54) is 12.7 Å². The van der Waals surface area contributed by atoms with Crippen molar-refractivity contribution in [3.05, 3.63) is 11.6 Å². The zero-order valence-corrected chi connectivity index (χ0v) is 23.4. The van der Waals surface area contributed by atoms with Crippen LogP contribution in [-0.2, 0) is 14.3 Å². The highest BCUT2D eigenvalue weighted by molar-refractivity contribution is 5.95. The molecule has 35 heavy (non-hydrogen) atoms. The predicted molar refractivity (Wildman–Crippen MR) is 137 cm³/mol. The molecule has 4 fully saturated rings. The number of methoxy groups -OCH3 is 1. The van der Waals surface area contributed by atoms with Crippen molar-refractivity contribution in [2.45, 2.75) is 112 Å². The second-order valence-corrected chi connectivity index (χ2v) is 15.1. The fraction of sp³-hybridized carbons (Fsp3) is 0.871. The van der Waals surface area contributed by atoms with Crippen LogP contribution in [0.25, 0.3) is 0 Å². The number of carbonyl (C=O) groups excluding carboxylic acids is 2. The minimum absolute atomic E-state index is 0.00536. The molecule has 4 nitrogen and oxygen atoms in total. The smallest absolute Gasteiger partial charge is 0.311 e. The maximum atomic E-state index is 14.3. The van der Waals surface area contributed by atoms with Crippen LogP contribution in [0.1, 0.15) is 106 Å². The van der Waals surface area contributed by atoms with Crippen molar-refractivity contribution in [2.75, 3.05) is 7.11 Å². The van der Waals surface area contributed by atoms with E-state index in [-0.39, 0.29) is 51.0 Å². The van der Waals surface area contributed by atoms with Gasteiger partial charge < -0.3 is 9.84 Å². The molecule has 5 rings (SSSR count). The monoisotopic (exact) mass is 484 g/mol. The van der Waals surface area contributed by atoms with Crippen molar-refractivity contribution in [3.8, 4) is 0 Å². The van der Waals surface area contributed by atoms with E-state index in [9.17, 15) is 14.7 Å². The number of aliphatic hydroxyl groups excluding tert-OH is 1. The molecule has 196 valence electrons. The van der Waals surface area contributed by atoms with E-state index in [1.807, 2.05) is 0 Å². The Bertz CT molecular complexity index is 980. The first kappa shape index (κ1) is 25.5. The van der Waals surface area contributed by atoms with Crippen LogP contribution in [0.15, 0.2) is 11.6 Å². The molecule has 0 aromatic carbocycles. The summed E-state index contributed by atoms with van der Waals surface area (Å²) in [4.78, 5) is 27.1. The lowest BCUT2D eigenvalue weighted by atomic mass is 9.33. The van der Waals surface area contributed by atoms with Crippen LogP contribution in [0.5, 0.6) is 0 Å². The third kappa shape index (κ3) is 3.07. The van der Waals surface area contributed by atoms with E-state index < -0.39 is 5.41 Å². The van der Waals surface area contributed by atoms with Crippen LogP contribution in [0, 0.1) is 50.2 Å². The Labute approximate surface area is 212 Å². The van der Waals surface area contributed by atoms with Crippen molar-refractivity contribution in [1.82, 2.24) is 0 Å². The third-order valence-corrected chi connectivity index (χ3v) is 13.2. The molecular weight excluding hydrogens is 436 g/mol. The summed E-state index contributed by atoms with van der Waals surface area (Å²) < 4.78 is 5.25. The first-order valence-electron chi connectivity index (χ1n) is 14.1. The number of ether oxygens (including phenoxy) is 1. The van der Waals surface area contributed by atoms with Gasteiger partial charge in [-0.3, -0.25) is 9.59 Å². The maximum absolute atomic E-state index is 14.3. The molecule has 0 amide bonds. The van der Waals surface area contributed by atoms with Gasteiger partial charge >= 0.3 is 5.97 Å². The topological polar surface area (TPSA) is 63.6 Å². The fourth-order valence-corrected chi connectivity index (χ4v) is 10.6. The second-order valence-electron chi connectivity index (χ2n) is 15.1. The van der Waals surface area contributed by atoms with Gasteiger partial charge in [0.05, 0.1) is 18.6 Å². The predicted octanol–water partition coefficient (Wildman–Crippen LogP) is 6.50. The molecule has 5 aliphatic carbocycles. The highest BCUT2D eigenvalue weighted by atomic mass is 16.5. The second kappa shape index (κ2) is 7.45. The van der Waals surface area contributed by atoms with E-state index in [0.29, 0.717) is 11.7 Å². The minimum Gasteiger partial charge on any atom is -0.469 e. The lowest BCUT2D eigenvalue weighted by molar-refractivity contribution is -0.202. The van der Waals surface area contributed by atoms with Crippen molar-refractivity contribution in [1.29, 1.82) is 0 Å². The largest absolute Gasteiger partial charge is 0.469 e. The summed E-state index contributed by atoms with van der Waals surface area (Å²) in [6, 6.07) is 0. The molecule has 0 aromatic rings. The van der Waals surface area contributed by atoms with Crippen molar-refractivity contribution in [2.24, 2.45) is 50.2 Å². The zero-order valence-electron chi connectivity index (χ0n) is 23.4. The van der Waals surface area contributed by atoms with Gasteiger partial charge in [0.15, 0.2) is 5.78 Å². The quantitative estimate of drug-likeness (QED) is 0.431. The number of ketones is 1. The number of hydrogen-bond donors (Lipinski definition) is 1. The van der Waals surface area contributed by atoms with E-state index in [4.69, 9.17) is 4.74 Å². The Kier molecular flexibility index (Phi) is 5.43. The van der Waals surface area contributed by atoms with Crippen molar-refractivity contribution >= 4 is 11.8 Å². The summed E-state index contributed by atoms with van der Waals surface area (Å²) in [7, 11) is 1.50. The van der Waals surface area contributed by atoms with Gasteiger partial charge in [-0.1, -0.05) is 47.1 Å². The van der Waals surface area contributed by atoms with Gasteiger partial charge in [0.2, 0.25) is 0 Å². The third-order valence-electron chi connectivity index (χ3n) is 13.2. The molecular formula is C31H48O4. The number of hydrogen-bond acceptors (Lipinski definition) is 4. The minimum atomic E-state index is -0.480. The van der Waals surface area contributed by atoms with Gasteiger partial charge in [0.25, 0.3) is 0 Å². The van der Waals surface area contributed by atoms with Crippen LogP contribution in [-0.4, -0.2) is 30.1 Å². The van der Waals surface area contributed by atoms with Gasteiger partial charge in [-0.2, -0.15) is 0 Å². The standard InChI is InChI=1S/C31H48O4/c1-26(2)22-9-12-31(7)24(29(22,5)11-10-23(26)33)21(32)17-19-20-18-28(4,25(34)35-8)14-13-27(20,3)15-16-30(19,31)6/h17,20,22-24,33H,9-16,18H2,1-8H3/t20?,22-,23-,24+,27+,28-,29-,30+,31+/m0/s1. The lowest BCUT2D eigenvalue weighted by Gasteiger charge is -2.70. The number of rotatable bonds is 1. The van der Waals surface area contributed by atoms with Gasteiger partial charge in [-0.15, -0.1) is 0 Å². The molecule has 9 atom stereocenters. The molecule has 1 N–H and O–H groups in total. The van der Waals surface area contributed by atoms with Crippen molar-refractivity contribution < 1.29 is 19.4 Å². The van der Waals surface area contributed by atoms with Gasteiger partial charge in [-0.05, 0) is 110 Å². The highest BCUT2D eigenvalue weighted by Crippen LogP contribution is 2.75. The van der Waals surface area contributed by atoms with E-state index in [0.717, 1.165) is 57.8 Å². The molecule has 0 radical (unpaired) electrons. The normalized spacial score (nSPS) is 52.8. The molecule has 1 unspecified atom stereocenters. The summed E-state index contributed by atoms with van der Waals surface area (Å²) in [5.74, 6) is 0.805. The van der Waals surface area contributed by atoms with Crippen LogP contribution in [0.2, 0.25) is 0 Å². The lowest BCUT2D eigenvalue weighted by Crippen LogP contribution is -2.66. The maximum Gasteiger partial charge on any atom is 0.311 e. The van der Waals surface area contributed by atoms with Gasteiger partial charge in [0, 0.05) is 5.92 Å². The number of allylic oxidation sites excluding steroid dienone is 2. The first-order chi connectivity index (χ1) is 16.1. The summed E-state index contributed by atoms with van der Waals surface area (Å²) >= 11 is 0. The number of fused-ring (bicyclic) bond motifs is 7. The molecule has 0 bridgehead atoms. The molecule has 4 saturated carbocycles. The molecule has 0 saturated heterocycles. The van der Waals surface area contributed by atoms with Gasteiger partial charge in [-0.25, -0.2) is 0 Å². The van der Waals surface area contributed by atoms with Crippen LogP contribution in [0.3, 0.4) is 0 Å². The fourth-order valence-electron chi connectivity index (χ4n) is 10.6. The van der Waals surface area contributed by atoms with Crippen molar-refractivity contribution in [3.63, 3.8) is 0 Å². The number of esters is 1. The van der Waals surface area contributed by atoms with Crippen LogP contribution in [0.4, 0.5) is 0 Å². The van der Waals surface area contributed by atoms with E-state index >= 15 is 0 Å².